The highest BCUT2D eigenvalue weighted by Gasteiger charge is 2.22. The number of aromatic nitrogens is 3. The van der Waals surface area contributed by atoms with Crippen molar-refractivity contribution in [3.63, 3.8) is 0 Å². The Labute approximate surface area is 193 Å². The zero-order chi connectivity index (χ0) is 25.3. The molecule has 10 heteroatoms. The number of amides is 1. The van der Waals surface area contributed by atoms with Gasteiger partial charge >= 0.3 is 0 Å². The standard InChI is InChI=1S/C22H24ClFN6O2/c1-3-14-22(32)28-19-15(26-14)5-4-13(18(19)24)12-29-8-10-30(11-9-29)17-7-6-16(21(31)25-2)27-20(17)23/h4-7H,3,8-12H2,1-2H3,(H,25,31)(H,28,32)/i2D3. The molecule has 3 aromatic rings. The summed E-state index contributed by atoms with van der Waals surface area (Å²) in [4.78, 5) is 39.1. The molecule has 32 heavy (non-hydrogen) atoms. The smallest absolute Gasteiger partial charge is 0.270 e. The summed E-state index contributed by atoms with van der Waals surface area (Å²) in [5.41, 5.74) is 1.55. The number of aryl methyl sites for hydroxylation is 1. The number of rotatable bonds is 5. The van der Waals surface area contributed by atoms with Crippen molar-refractivity contribution in [3.05, 3.63) is 62.5 Å². The number of aromatic amines is 1. The number of nitrogens with one attached hydrogen (secondary N) is 2. The van der Waals surface area contributed by atoms with Gasteiger partial charge in [-0.25, -0.2) is 14.4 Å². The first-order valence-corrected chi connectivity index (χ1v) is 10.6. The van der Waals surface area contributed by atoms with Crippen LogP contribution in [0.5, 0.6) is 0 Å². The maximum Gasteiger partial charge on any atom is 0.270 e. The number of piperazine rings is 1. The average molecular weight is 462 g/mol. The van der Waals surface area contributed by atoms with Crippen molar-refractivity contribution in [2.45, 2.75) is 19.9 Å². The first-order chi connectivity index (χ1) is 16.6. The molecule has 0 bridgehead atoms. The Kier molecular flexibility index (Phi) is 5.33. The summed E-state index contributed by atoms with van der Waals surface area (Å²) in [6.07, 6.45) is 0.469. The Balaban J connectivity index is 1.42. The van der Waals surface area contributed by atoms with Crippen molar-refractivity contribution < 1.29 is 13.3 Å². The van der Waals surface area contributed by atoms with E-state index in [1.807, 2.05) is 17.1 Å². The van der Waals surface area contributed by atoms with Gasteiger partial charge < -0.3 is 15.2 Å². The molecule has 1 aliphatic rings. The maximum atomic E-state index is 15.1. The van der Waals surface area contributed by atoms with Crippen LogP contribution < -0.4 is 15.8 Å². The fourth-order valence-electron chi connectivity index (χ4n) is 3.81. The van der Waals surface area contributed by atoms with Gasteiger partial charge in [0, 0.05) is 49.4 Å². The molecule has 0 aliphatic carbocycles. The summed E-state index contributed by atoms with van der Waals surface area (Å²) in [7, 11) is 0. The molecule has 0 saturated carbocycles. The van der Waals surface area contributed by atoms with Crippen LogP contribution in [0, 0.1) is 5.82 Å². The highest BCUT2D eigenvalue weighted by molar-refractivity contribution is 6.32. The molecule has 4 rings (SSSR count). The minimum atomic E-state index is -2.62. The Hall–Kier alpha value is -3.04. The number of H-pyrrole nitrogens is 1. The number of pyridine rings is 1. The number of anilines is 1. The Morgan fingerprint density at radius 1 is 1.25 bits per heavy atom. The first-order valence-electron chi connectivity index (χ1n) is 11.7. The second kappa shape index (κ2) is 9.22. The first kappa shape index (κ1) is 18.5. The summed E-state index contributed by atoms with van der Waals surface area (Å²) in [6, 6.07) is 6.47. The highest BCUT2D eigenvalue weighted by atomic mass is 35.5. The number of carbonyl (C=O) groups is 1. The number of fused-ring (bicyclic) bond motifs is 1. The van der Waals surface area contributed by atoms with Crippen LogP contribution in [0.4, 0.5) is 10.1 Å². The lowest BCUT2D eigenvalue weighted by atomic mass is 10.1. The molecule has 1 saturated heterocycles. The van der Waals surface area contributed by atoms with Crippen LogP contribution in [0.3, 0.4) is 0 Å². The van der Waals surface area contributed by atoms with E-state index in [1.165, 1.54) is 6.07 Å². The second-order valence-electron chi connectivity index (χ2n) is 7.52. The predicted octanol–water partition coefficient (Wildman–Crippen LogP) is 2.35. The molecule has 2 aromatic heterocycles. The van der Waals surface area contributed by atoms with Gasteiger partial charge in [0.1, 0.15) is 16.9 Å². The molecule has 1 aromatic carbocycles. The van der Waals surface area contributed by atoms with E-state index in [0.29, 0.717) is 61.6 Å². The van der Waals surface area contributed by atoms with Crippen LogP contribution in [-0.2, 0) is 13.0 Å². The fraction of sp³-hybridized carbons (Fsp3) is 0.364. The van der Waals surface area contributed by atoms with Crippen molar-refractivity contribution in [2.75, 3.05) is 38.1 Å². The summed E-state index contributed by atoms with van der Waals surface area (Å²) in [6.45, 7) is 2.01. The van der Waals surface area contributed by atoms with Crippen molar-refractivity contribution >= 4 is 34.2 Å². The molecular weight excluding hydrogens is 435 g/mol. The zero-order valence-electron chi connectivity index (χ0n) is 20.4. The topological polar surface area (TPSA) is 94.2 Å². The zero-order valence-corrected chi connectivity index (χ0v) is 18.2. The van der Waals surface area contributed by atoms with Crippen LogP contribution in [0.15, 0.2) is 29.1 Å². The monoisotopic (exact) mass is 461 g/mol. The molecule has 0 spiro atoms. The summed E-state index contributed by atoms with van der Waals surface area (Å²) in [5, 5.41) is 1.98. The van der Waals surface area contributed by atoms with Gasteiger partial charge in [-0.15, -0.1) is 0 Å². The molecule has 168 valence electrons. The van der Waals surface area contributed by atoms with E-state index in [2.05, 4.69) is 19.9 Å². The van der Waals surface area contributed by atoms with E-state index in [1.54, 1.807) is 18.2 Å². The van der Waals surface area contributed by atoms with Crippen LogP contribution in [0.1, 0.15) is 32.8 Å². The quantitative estimate of drug-likeness (QED) is 0.566. The van der Waals surface area contributed by atoms with Gasteiger partial charge in [0.25, 0.3) is 11.5 Å². The second-order valence-corrected chi connectivity index (χ2v) is 7.88. The maximum absolute atomic E-state index is 15.1. The van der Waals surface area contributed by atoms with Crippen molar-refractivity contribution in [2.24, 2.45) is 0 Å². The van der Waals surface area contributed by atoms with Crippen LogP contribution in [0.2, 0.25) is 5.15 Å². The van der Waals surface area contributed by atoms with Crippen LogP contribution in [0.25, 0.3) is 11.0 Å². The van der Waals surface area contributed by atoms with Gasteiger partial charge in [-0.3, -0.25) is 14.5 Å². The average Bonchev–Trinajstić information content (AvgIpc) is 2.80. The number of nitrogens with zero attached hydrogens (tertiary/aromatic N) is 4. The number of hydrogen-bond donors (Lipinski definition) is 2. The van der Waals surface area contributed by atoms with Crippen molar-refractivity contribution in [1.29, 1.82) is 0 Å². The molecular formula is C22H24ClFN6O2. The predicted molar refractivity (Wildman–Crippen MR) is 122 cm³/mol. The summed E-state index contributed by atoms with van der Waals surface area (Å²) < 4.78 is 36.5. The normalized spacial score (nSPS) is 16.5. The number of benzene rings is 1. The van der Waals surface area contributed by atoms with E-state index in [9.17, 15) is 9.59 Å². The molecule has 8 nitrogen and oxygen atoms in total. The lowest BCUT2D eigenvalue weighted by molar-refractivity contribution is 0.0958. The third-order valence-corrected chi connectivity index (χ3v) is 5.85. The summed E-state index contributed by atoms with van der Waals surface area (Å²) >= 11 is 6.28. The summed E-state index contributed by atoms with van der Waals surface area (Å²) in [5.74, 6) is -1.31. The SMILES string of the molecule is [2H]C([2H])([2H])NC(=O)c1ccc(N2CCN(Cc3ccc4nc(CC)c(=O)[nH]c4c3F)CC2)c(Cl)n1. The Morgan fingerprint density at radius 2 is 2.03 bits per heavy atom. The molecule has 1 aliphatic heterocycles. The molecule has 1 amide bonds. The van der Waals surface area contributed by atoms with Crippen molar-refractivity contribution in [1.82, 2.24) is 25.2 Å². The van der Waals surface area contributed by atoms with E-state index in [-0.39, 0.29) is 21.9 Å². The lowest BCUT2D eigenvalue weighted by Gasteiger charge is -2.36. The Bertz CT molecular complexity index is 1330. The van der Waals surface area contributed by atoms with E-state index in [4.69, 9.17) is 15.7 Å². The van der Waals surface area contributed by atoms with Crippen molar-refractivity contribution in [3.8, 4) is 0 Å². The molecule has 2 N–H and O–H groups in total. The third-order valence-electron chi connectivity index (χ3n) is 5.57. The molecule has 1 fully saturated rings. The number of halogens is 2. The van der Waals surface area contributed by atoms with Crippen LogP contribution in [-0.4, -0.2) is 58.9 Å². The van der Waals surface area contributed by atoms with Gasteiger partial charge in [-0.1, -0.05) is 24.6 Å². The van der Waals surface area contributed by atoms with Crippen LogP contribution >= 0.6 is 11.6 Å². The fourth-order valence-corrected chi connectivity index (χ4v) is 4.08. The van der Waals surface area contributed by atoms with Gasteiger partial charge in [0.15, 0.2) is 11.0 Å². The largest absolute Gasteiger partial charge is 0.366 e. The van der Waals surface area contributed by atoms with E-state index < -0.39 is 18.7 Å². The minimum absolute atomic E-state index is 0.0844. The molecule has 0 radical (unpaired) electrons. The Morgan fingerprint density at radius 3 is 2.72 bits per heavy atom. The van der Waals surface area contributed by atoms with Gasteiger partial charge in [-0.05, 0) is 24.6 Å². The number of hydrogen-bond acceptors (Lipinski definition) is 6. The van der Waals surface area contributed by atoms with Gasteiger partial charge in [0.2, 0.25) is 0 Å². The molecule has 0 atom stereocenters. The van der Waals surface area contributed by atoms with E-state index in [0.717, 1.165) is 0 Å². The van der Waals surface area contributed by atoms with E-state index >= 15 is 4.39 Å². The molecule has 3 heterocycles. The van der Waals surface area contributed by atoms with Gasteiger partial charge in [0.05, 0.1) is 11.2 Å². The third kappa shape index (κ3) is 4.31. The highest BCUT2D eigenvalue weighted by Crippen LogP contribution is 2.26. The molecule has 0 unspecified atom stereocenters. The minimum Gasteiger partial charge on any atom is -0.366 e. The lowest BCUT2D eigenvalue weighted by Crippen LogP contribution is -2.46. The number of carbonyl (C=O) groups excluding carboxylic acids is 1. The van der Waals surface area contributed by atoms with Gasteiger partial charge in [-0.2, -0.15) is 0 Å².